The average molecular weight is 374 g/mol. The highest BCUT2D eigenvalue weighted by molar-refractivity contribution is 5.97. The molecule has 5 heteroatoms. The zero-order valence-electron chi connectivity index (χ0n) is 15.6. The Bertz CT molecular complexity index is 953. The fraction of sp³-hybridized carbons (Fsp3) is 0.130. The van der Waals surface area contributed by atoms with Crippen LogP contribution in [0, 0.1) is 0 Å². The summed E-state index contributed by atoms with van der Waals surface area (Å²) in [5, 5.41) is 2.78. The SMILES string of the molecule is CC(=O)c1ccc(NC(=O)C(N)Cc2cccc(Oc3ccccc3)c2)cc1. The number of nitrogens with two attached hydrogens (primary N) is 1. The lowest BCUT2D eigenvalue weighted by Gasteiger charge is -2.13. The van der Waals surface area contributed by atoms with Crippen molar-refractivity contribution in [3.05, 3.63) is 90.0 Å². The number of nitrogens with one attached hydrogen (secondary N) is 1. The van der Waals surface area contributed by atoms with E-state index in [0.717, 1.165) is 11.3 Å². The molecule has 0 spiro atoms. The first kappa shape index (κ1) is 19.3. The number of para-hydroxylation sites is 1. The molecule has 3 N–H and O–H groups in total. The molecule has 0 radical (unpaired) electrons. The molecule has 142 valence electrons. The highest BCUT2D eigenvalue weighted by atomic mass is 16.5. The van der Waals surface area contributed by atoms with Crippen molar-refractivity contribution in [2.75, 3.05) is 5.32 Å². The Morgan fingerprint density at radius 2 is 1.61 bits per heavy atom. The third kappa shape index (κ3) is 5.28. The summed E-state index contributed by atoms with van der Waals surface area (Å²) in [6, 6.07) is 23.0. The van der Waals surface area contributed by atoms with Crippen LogP contribution in [-0.4, -0.2) is 17.7 Å². The normalized spacial score (nSPS) is 11.5. The summed E-state index contributed by atoms with van der Waals surface area (Å²) in [4.78, 5) is 23.7. The molecular weight excluding hydrogens is 352 g/mol. The number of hydrogen-bond acceptors (Lipinski definition) is 4. The van der Waals surface area contributed by atoms with Crippen LogP contribution >= 0.6 is 0 Å². The molecule has 5 nitrogen and oxygen atoms in total. The number of benzene rings is 3. The van der Waals surface area contributed by atoms with E-state index < -0.39 is 6.04 Å². The van der Waals surface area contributed by atoms with Gasteiger partial charge in [0.25, 0.3) is 0 Å². The van der Waals surface area contributed by atoms with Gasteiger partial charge in [-0.25, -0.2) is 0 Å². The molecule has 0 saturated carbocycles. The van der Waals surface area contributed by atoms with Crippen LogP contribution in [0.15, 0.2) is 78.9 Å². The Hall–Kier alpha value is -3.44. The van der Waals surface area contributed by atoms with Crippen molar-refractivity contribution in [2.24, 2.45) is 5.73 Å². The van der Waals surface area contributed by atoms with Crippen LogP contribution < -0.4 is 15.8 Å². The third-order valence-electron chi connectivity index (χ3n) is 4.23. The fourth-order valence-electron chi connectivity index (χ4n) is 2.73. The molecule has 0 aliphatic heterocycles. The smallest absolute Gasteiger partial charge is 0.241 e. The zero-order valence-corrected chi connectivity index (χ0v) is 15.6. The average Bonchev–Trinajstić information content (AvgIpc) is 2.69. The molecule has 0 aliphatic rings. The van der Waals surface area contributed by atoms with Gasteiger partial charge in [-0.05, 0) is 67.4 Å². The van der Waals surface area contributed by atoms with Gasteiger partial charge < -0.3 is 15.8 Å². The number of hydrogen-bond donors (Lipinski definition) is 2. The van der Waals surface area contributed by atoms with E-state index in [1.54, 1.807) is 24.3 Å². The van der Waals surface area contributed by atoms with E-state index in [0.29, 0.717) is 23.4 Å². The molecule has 1 atom stereocenters. The van der Waals surface area contributed by atoms with Crippen molar-refractivity contribution in [1.29, 1.82) is 0 Å². The third-order valence-corrected chi connectivity index (χ3v) is 4.23. The quantitative estimate of drug-likeness (QED) is 0.608. The molecule has 3 rings (SSSR count). The maximum atomic E-state index is 12.4. The first-order chi connectivity index (χ1) is 13.5. The largest absolute Gasteiger partial charge is 0.457 e. The van der Waals surface area contributed by atoms with Gasteiger partial charge in [0, 0.05) is 11.3 Å². The second-order valence-corrected chi connectivity index (χ2v) is 6.50. The summed E-state index contributed by atoms with van der Waals surface area (Å²) in [6.07, 6.45) is 0.378. The van der Waals surface area contributed by atoms with Gasteiger partial charge in [-0.1, -0.05) is 30.3 Å². The summed E-state index contributed by atoms with van der Waals surface area (Å²) >= 11 is 0. The number of ketones is 1. The minimum atomic E-state index is -0.709. The van der Waals surface area contributed by atoms with Crippen molar-refractivity contribution >= 4 is 17.4 Å². The van der Waals surface area contributed by atoms with E-state index in [2.05, 4.69) is 5.32 Å². The summed E-state index contributed by atoms with van der Waals surface area (Å²) in [5.41, 5.74) is 8.17. The first-order valence-corrected chi connectivity index (χ1v) is 9.00. The van der Waals surface area contributed by atoms with Gasteiger partial charge in [0.15, 0.2) is 5.78 Å². The van der Waals surface area contributed by atoms with Crippen molar-refractivity contribution in [3.8, 4) is 11.5 Å². The van der Waals surface area contributed by atoms with Crippen LogP contribution in [-0.2, 0) is 11.2 Å². The topological polar surface area (TPSA) is 81.4 Å². The number of carbonyl (C=O) groups excluding carboxylic acids is 2. The van der Waals surface area contributed by atoms with E-state index in [1.807, 2.05) is 54.6 Å². The maximum absolute atomic E-state index is 12.4. The van der Waals surface area contributed by atoms with Crippen LogP contribution in [0.3, 0.4) is 0 Å². The number of anilines is 1. The lowest BCUT2D eigenvalue weighted by atomic mass is 10.1. The minimum absolute atomic E-state index is 0.0211. The molecular formula is C23H22N2O3. The molecule has 0 aliphatic carbocycles. The molecule has 3 aromatic rings. The highest BCUT2D eigenvalue weighted by Crippen LogP contribution is 2.22. The van der Waals surface area contributed by atoms with E-state index in [4.69, 9.17) is 10.5 Å². The lowest BCUT2D eigenvalue weighted by Crippen LogP contribution is -2.37. The molecule has 0 aromatic heterocycles. The number of Topliss-reactive ketones (excluding diaryl/α,β-unsaturated/α-hetero) is 1. The van der Waals surface area contributed by atoms with Crippen LogP contribution in [0.5, 0.6) is 11.5 Å². The summed E-state index contributed by atoms with van der Waals surface area (Å²) < 4.78 is 5.82. The predicted molar refractivity (Wildman–Crippen MR) is 110 cm³/mol. The number of carbonyl (C=O) groups is 2. The molecule has 0 saturated heterocycles. The van der Waals surface area contributed by atoms with E-state index in [1.165, 1.54) is 6.92 Å². The zero-order chi connectivity index (χ0) is 19.9. The van der Waals surface area contributed by atoms with Crippen molar-refractivity contribution < 1.29 is 14.3 Å². The van der Waals surface area contributed by atoms with E-state index in [-0.39, 0.29) is 11.7 Å². The van der Waals surface area contributed by atoms with Gasteiger partial charge in [-0.15, -0.1) is 0 Å². The van der Waals surface area contributed by atoms with E-state index >= 15 is 0 Å². The minimum Gasteiger partial charge on any atom is -0.457 e. The molecule has 28 heavy (non-hydrogen) atoms. The fourth-order valence-corrected chi connectivity index (χ4v) is 2.73. The van der Waals surface area contributed by atoms with Crippen LogP contribution in [0.2, 0.25) is 0 Å². The standard InChI is InChI=1S/C23H22N2O3/c1-16(26)18-10-12-19(13-11-18)25-23(27)22(24)15-17-6-5-9-21(14-17)28-20-7-3-2-4-8-20/h2-14,22H,15,24H2,1H3,(H,25,27). The number of rotatable bonds is 7. The summed E-state index contributed by atoms with van der Waals surface area (Å²) in [6.45, 7) is 1.50. The van der Waals surface area contributed by atoms with Gasteiger partial charge in [0.2, 0.25) is 5.91 Å². The molecule has 0 heterocycles. The van der Waals surface area contributed by atoms with Crippen molar-refractivity contribution in [3.63, 3.8) is 0 Å². The van der Waals surface area contributed by atoms with Gasteiger partial charge in [-0.3, -0.25) is 9.59 Å². The van der Waals surface area contributed by atoms with Crippen LogP contribution in [0.25, 0.3) is 0 Å². The second-order valence-electron chi connectivity index (χ2n) is 6.50. The Morgan fingerprint density at radius 3 is 2.29 bits per heavy atom. The highest BCUT2D eigenvalue weighted by Gasteiger charge is 2.15. The Kier molecular flexibility index (Phi) is 6.19. The summed E-state index contributed by atoms with van der Waals surface area (Å²) in [5.74, 6) is 1.13. The molecule has 1 amide bonds. The monoisotopic (exact) mass is 374 g/mol. The van der Waals surface area contributed by atoms with Crippen molar-refractivity contribution in [2.45, 2.75) is 19.4 Å². The van der Waals surface area contributed by atoms with Crippen LogP contribution in [0.1, 0.15) is 22.8 Å². The molecule has 1 unspecified atom stereocenters. The molecule has 3 aromatic carbocycles. The molecule has 0 bridgehead atoms. The second kappa shape index (κ2) is 8.97. The van der Waals surface area contributed by atoms with Crippen molar-refractivity contribution in [1.82, 2.24) is 0 Å². The van der Waals surface area contributed by atoms with Gasteiger partial charge in [0.05, 0.1) is 6.04 Å². The summed E-state index contributed by atoms with van der Waals surface area (Å²) in [7, 11) is 0. The Labute approximate surface area is 164 Å². The van der Waals surface area contributed by atoms with Crippen LogP contribution in [0.4, 0.5) is 5.69 Å². The Morgan fingerprint density at radius 1 is 0.929 bits per heavy atom. The number of ether oxygens (including phenoxy) is 1. The Balaban J connectivity index is 1.60. The predicted octanol–water partition coefficient (Wildman–Crippen LogP) is 4.19. The first-order valence-electron chi connectivity index (χ1n) is 9.00. The maximum Gasteiger partial charge on any atom is 0.241 e. The van der Waals surface area contributed by atoms with Gasteiger partial charge >= 0.3 is 0 Å². The van der Waals surface area contributed by atoms with E-state index in [9.17, 15) is 9.59 Å². The molecule has 0 fully saturated rings. The lowest BCUT2D eigenvalue weighted by molar-refractivity contribution is -0.117. The number of amides is 1. The van der Waals surface area contributed by atoms with Gasteiger partial charge in [0.1, 0.15) is 11.5 Å². The van der Waals surface area contributed by atoms with Gasteiger partial charge in [-0.2, -0.15) is 0 Å².